The van der Waals surface area contributed by atoms with E-state index < -0.39 is 0 Å². The second-order valence-electron chi connectivity index (χ2n) is 11.1. The van der Waals surface area contributed by atoms with Crippen LogP contribution in [0.2, 0.25) is 0 Å². The molecule has 2 aromatic heterocycles. The molecule has 10 nitrogen and oxygen atoms in total. The first-order chi connectivity index (χ1) is 21.5. The number of carbonyl (C=O) groups excluding carboxylic acids is 1. The molecular formula is C34H34N8O2. The van der Waals surface area contributed by atoms with Gasteiger partial charge in [-0.05, 0) is 36.4 Å². The molecule has 2 aliphatic heterocycles. The highest BCUT2D eigenvalue weighted by Gasteiger charge is 2.35. The van der Waals surface area contributed by atoms with Gasteiger partial charge in [-0.15, -0.1) is 0 Å². The van der Waals surface area contributed by atoms with Gasteiger partial charge < -0.3 is 24.0 Å². The van der Waals surface area contributed by atoms with Crippen LogP contribution in [0.5, 0.6) is 5.88 Å². The van der Waals surface area contributed by atoms with E-state index in [1.54, 1.807) is 17.4 Å². The van der Waals surface area contributed by atoms with Crippen LogP contribution < -0.4 is 14.5 Å². The summed E-state index contributed by atoms with van der Waals surface area (Å²) < 4.78 is 8.14. The van der Waals surface area contributed by atoms with Crippen molar-refractivity contribution in [2.24, 2.45) is 0 Å². The second-order valence-corrected chi connectivity index (χ2v) is 11.1. The van der Waals surface area contributed by atoms with Crippen LogP contribution in [0.3, 0.4) is 0 Å². The molecule has 0 N–H and O–H groups in total. The van der Waals surface area contributed by atoms with Gasteiger partial charge in [0.2, 0.25) is 11.8 Å². The average molecular weight is 587 g/mol. The van der Waals surface area contributed by atoms with Crippen molar-refractivity contribution >= 4 is 28.1 Å². The van der Waals surface area contributed by atoms with Crippen LogP contribution in [0.1, 0.15) is 28.8 Å². The van der Waals surface area contributed by atoms with Gasteiger partial charge in [0.15, 0.2) is 0 Å². The van der Waals surface area contributed by atoms with Crippen molar-refractivity contribution in [3.63, 3.8) is 0 Å². The van der Waals surface area contributed by atoms with Crippen LogP contribution in [0, 0.1) is 29.6 Å². The number of nitrogens with zero attached hydrogens (tertiary/aromatic N) is 8. The first-order valence-electron chi connectivity index (χ1n) is 14.8. The topological polar surface area (TPSA) is 114 Å². The smallest absolute Gasteiger partial charge is 0.246 e. The molecule has 2 aromatic carbocycles. The van der Waals surface area contributed by atoms with Crippen LogP contribution >= 0.6 is 0 Å². The van der Waals surface area contributed by atoms with Gasteiger partial charge >= 0.3 is 0 Å². The number of anilines is 2. The number of aryl methyl sites for hydroxylation is 1. The quantitative estimate of drug-likeness (QED) is 0.280. The molecule has 10 heteroatoms. The van der Waals surface area contributed by atoms with Gasteiger partial charge in [-0.25, -0.2) is 9.97 Å². The van der Waals surface area contributed by atoms with E-state index in [4.69, 9.17) is 9.72 Å². The van der Waals surface area contributed by atoms with Crippen LogP contribution in [0.4, 0.5) is 11.4 Å². The van der Waals surface area contributed by atoms with Crippen molar-refractivity contribution in [3.8, 4) is 18.0 Å². The summed E-state index contributed by atoms with van der Waals surface area (Å²) in [6.45, 7) is 9.37. The lowest BCUT2D eigenvalue weighted by Gasteiger charge is -2.43. The first kappa shape index (κ1) is 28.8. The Morgan fingerprint density at radius 3 is 2.75 bits per heavy atom. The number of piperazine rings is 1. The highest BCUT2D eigenvalue weighted by molar-refractivity contribution is 5.97. The summed E-state index contributed by atoms with van der Waals surface area (Å²) in [5.41, 5.74) is 5.47. The van der Waals surface area contributed by atoms with E-state index >= 15 is 0 Å². The minimum atomic E-state index is -0.320. The number of carbonyl (C=O) groups is 1. The summed E-state index contributed by atoms with van der Waals surface area (Å²) in [7, 11) is 0. The van der Waals surface area contributed by atoms with Crippen molar-refractivity contribution in [1.82, 2.24) is 19.4 Å². The number of rotatable bonds is 8. The third-order valence-corrected chi connectivity index (χ3v) is 8.57. The van der Waals surface area contributed by atoms with Crippen LogP contribution in [-0.4, -0.2) is 64.2 Å². The number of imidazole rings is 1. The van der Waals surface area contributed by atoms with E-state index in [-0.39, 0.29) is 18.4 Å². The lowest BCUT2D eigenvalue weighted by molar-refractivity contribution is -0.128. The zero-order valence-electron chi connectivity index (χ0n) is 24.8. The summed E-state index contributed by atoms with van der Waals surface area (Å²) in [6, 6.07) is 17.1. The Hall–Kier alpha value is -5.35. The molecular weight excluding hydrogens is 552 g/mol. The van der Waals surface area contributed by atoms with Crippen LogP contribution in [-0.2, 0) is 24.3 Å². The number of hydrogen-bond acceptors (Lipinski definition) is 8. The van der Waals surface area contributed by atoms with Gasteiger partial charge in [0.25, 0.3) is 0 Å². The zero-order valence-corrected chi connectivity index (χ0v) is 24.8. The Labute approximate surface area is 257 Å². The number of ether oxygens (including phenoxy) is 1. The van der Waals surface area contributed by atoms with Gasteiger partial charge in [-0.3, -0.25) is 4.79 Å². The lowest BCUT2D eigenvalue weighted by Crippen LogP contribution is -2.55. The van der Waals surface area contributed by atoms with Crippen molar-refractivity contribution in [2.75, 3.05) is 42.6 Å². The molecule has 4 aromatic rings. The minimum Gasteiger partial charge on any atom is -0.475 e. The zero-order chi connectivity index (χ0) is 30.6. The molecule has 1 unspecified atom stereocenters. The van der Waals surface area contributed by atoms with E-state index in [0.717, 1.165) is 29.2 Å². The largest absolute Gasteiger partial charge is 0.475 e. The minimum absolute atomic E-state index is 0.188. The fraction of sp³-hybridized carbons (Fsp3) is 0.324. The predicted octanol–water partition coefficient (Wildman–Crippen LogP) is 4.37. The number of pyridine rings is 1. The van der Waals surface area contributed by atoms with Gasteiger partial charge in [0, 0.05) is 55.2 Å². The van der Waals surface area contributed by atoms with Crippen LogP contribution in [0.15, 0.2) is 67.8 Å². The molecule has 44 heavy (non-hydrogen) atoms. The molecule has 1 amide bonds. The van der Waals surface area contributed by atoms with E-state index in [1.165, 1.54) is 22.4 Å². The van der Waals surface area contributed by atoms with Gasteiger partial charge in [0.05, 0.1) is 49.3 Å². The first-order valence-corrected chi connectivity index (χ1v) is 14.8. The summed E-state index contributed by atoms with van der Waals surface area (Å²) in [5.74, 6) is 0.116. The average Bonchev–Trinajstić information content (AvgIpc) is 3.57. The molecule has 0 spiro atoms. The van der Waals surface area contributed by atoms with E-state index in [0.29, 0.717) is 57.2 Å². The number of fused-ring (bicyclic) bond motifs is 2. The summed E-state index contributed by atoms with van der Waals surface area (Å²) in [6.07, 6.45) is 7.48. The van der Waals surface area contributed by atoms with E-state index in [1.807, 2.05) is 10.8 Å². The highest BCUT2D eigenvalue weighted by Crippen LogP contribution is 2.40. The van der Waals surface area contributed by atoms with Crippen molar-refractivity contribution < 1.29 is 9.53 Å². The molecule has 2 aliphatic rings. The third-order valence-electron chi connectivity index (χ3n) is 8.57. The van der Waals surface area contributed by atoms with E-state index in [9.17, 15) is 15.3 Å². The SMILES string of the molecule is C=CC(=O)N1CCN(c2c(C#N)c(OCCn3ccnc3)nc3c2CCN(c2cccc4cccc(C)c24)C3)CC1CC#N. The molecule has 1 fully saturated rings. The maximum Gasteiger partial charge on any atom is 0.246 e. The molecule has 0 saturated carbocycles. The molecule has 4 heterocycles. The third kappa shape index (κ3) is 5.43. The Kier molecular flexibility index (Phi) is 8.16. The number of amides is 1. The monoisotopic (exact) mass is 586 g/mol. The molecule has 6 rings (SSSR count). The Morgan fingerprint density at radius 1 is 1.16 bits per heavy atom. The van der Waals surface area contributed by atoms with Crippen molar-refractivity contribution in [3.05, 3.63) is 90.2 Å². The van der Waals surface area contributed by atoms with Crippen molar-refractivity contribution in [1.29, 1.82) is 10.5 Å². The fourth-order valence-electron chi connectivity index (χ4n) is 6.48. The standard InChI is InChI=1S/C34H34N8O2/c1-3-31(43)42-17-16-41(21-26(42)10-12-35)33-27-11-14-40(30-9-5-8-25-7-4-6-24(2)32(25)30)22-29(27)38-34(28(33)20-36)44-19-18-39-15-13-37-23-39/h3-9,13,15,23,26H,1,10-11,14,16-19,21-22H2,2H3. The lowest BCUT2D eigenvalue weighted by atomic mass is 9.95. The fourth-order valence-corrected chi connectivity index (χ4v) is 6.48. The summed E-state index contributed by atoms with van der Waals surface area (Å²) in [5, 5.41) is 22.5. The van der Waals surface area contributed by atoms with Gasteiger partial charge in [0.1, 0.15) is 18.2 Å². The maximum absolute atomic E-state index is 12.6. The Bertz CT molecular complexity index is 1780. The molecule has 1 atom stereocenters. The Balaban J connectivity index is 1.40. The normalized spacial score (nSPS) is 16.2. The van der Waals surface area contributed by atoms with Crippen molar-refractivity contribution in [2.45, 2.75) is 38.9 Å². The molecule has 0 bridgehead atoms. The molecule has 1 saturated heterocycles. The van der Waals surface area contributed by atoms with Gasteiger partial charge in [-0.1, -0.05) is 36.9 Å². The summed E-state index contributed by atoms with van der Waals surface area (Å²) in [4.78, 5) is 27.9. The number of benzene rings is 2. The molecule has 0 aliphatic carbocycles. The number of hydrogen-bond donors (Lipinski definition) is 0. The summed E-state index contributed by atoms with van der Waals surface area (Å²) >= 11 is 0. The molecule has 222 valence electrons. The van der Waals surface area contributed by atoms with E-state index in [2.05, 4.69) is 76.8 Å². The van der Waals surface area contributed by atoms with Crippen LogP contribution in [0.25, 0.3) is 10.8 Å². The molecule has 0 radical (unpaired) electrons. The van der Waals surface area contributed by atoms with Gasteiger partial charge in [-0.2, -0.15) is 10.5 Å². The highest BCUT2D eigenvalue weighted by atomic mass is 16.5. The second kappa shape index (κ2) is 12.5. The number of nitriles is 2. The maximum atomic E-state index is 12.6. The number of aromatic nitrogens is 3. The Morgan fingerprint density at radius 2 is 2.00 bits per heavy atom. The predicted molar refractivity (Wildman–Crippen MR) is 168 cm³/mol.